The third-order valence-corrected chi connectivity index (χ3v) is 4.90. The third-order valence-electron chi connectivity index (χ3n) is 4.90. The van der Waals surface area contributed by atoms with Crippen LogP contribution in [-0.2, 0) is 14.2 Å². The lowest BCUT2D eigenvalue weighted by Gasteiger charge is -2.13. The van der Waals surface area contributed by atoms with Crippen LogP contribution in [0.2, 0.25) is 0 Å². The van der Waals surface area contributed by atoms with Crippen LogP contribution in [0.3, 0.4) is 0 Å². The Balaban J connectivity index is 0.000000176. The summed E-state index contributed by atoms with van der Waals surface area (Å²) in [5.41, 5.74) is 0. The summed E-state index contributed by atoms with van der Waals surface area (Å²) in [6.07, 6.45) is -7.82. The fourth-order valence-corrected chi connectivity index (χ4v) is 3.83. The van der Waals surface area contributed by atoms with Gasteiger partial charge in [-0.05, 0) is 43.1 Å². The summed E-state index contributed by atoms with van der Waals surface area (Å²) in [6.45, 7) is 0. The van der Waals surface area contributed by atoms with Gasteiger partial charge >= 0.3 is 24.6 Å². The molecule has 0 spiro atoms. The zero-order chi connectivity index (χ0) is 23.5. The maximum atomic E-state index is 10.1. The zero-order valence-corrected chi connectivity index (χ0v) is 16.7. The highest BCUT2D eigenvalue weighted by molar-refractivity contribution is 6.32. The second-order valence-corrected chi connectivity index (χ2v) is 6.76. The van der Waals surface area contributed by atoms with Crippen LogP contribution < -0.4 is 0 Å². The molecule has 0 fully saturated rings. The van der Waals surface area contributed by atoms with Crippen molar-refractivity contribution in [3.63, 3.8) is 0 Å². The number of carbonyl (C=O) groups is 4. The van der Waals surface area contributed by atoms with Crippen molar-refractivity contribution in [3.8, 4) is 0 Å². The smallest absolute Gasteiger partial charge is 0.449 e. The molecule has 2 N–H and O–H groups in total. The van der Waals surface area contributed by atoms with Crippen molar-refractivity contribution in [2.45, 2.75) is 0 Å². The van der Waals surface area contributed by atoms with Crippen LogP contribution in [0.5, 0.6) is 0 Å². The Morgan fingerprint density at radius 3 is 1.06 bits per heavy atom. The van der Waals surface area contributed by atoms with Crippen LogP contribution in [-0.4, -0.2) is 34.8 Å². The second-order valence-electron chi connectivity index (χ2n) is 6.76. The number of carboxylic acid groups (broad SMARTS) is 2. The molecule has 0 radical (unpaired) electrons. The molecule has 164 valence electrons. The van der Waals surface area contributed by atoms with Crippen molar-refractivity contribution in [1.82, 2.24) is 0 Å². The first-order valence-corrected chi connectivity index (χ1v) is 9.46. The molecule has 5 rings (SSSR count). The number of ether oxygens (including phenoxy) is 3. The van der Waals surface area contributed by atoms with E-state index in [0.29, 0.717) is 0 Å². The van der Waals surface area contributed by atoms with E-state index in [1.54, 1.807) is 0 Å². The number of hydrogen-bond donors (Lipinski definition) is 2. The first-order chi connectivity index (χ1) is 15.8. The van der Waals surface area contributed by atoms with Crippen LogP contribution in [0, 0.1) is 0 Å². The molecule has 9 heteroatoms. The van der Waals surface area contributed by atoms with Gasteiger partial charge in [-0.3, -0.25) is 0 Å². The summed E-state index contributed by atoms with van der Waals surface area (Å²) in [7, 11) is 0. The molecule has 33 heavy (non-hydrogen) atoms. The topological polar surface area (TPSA) is 136 Å². The maximum Gasteiger partial charge on any atom is 0.528 e. The Morgan fingerprint density at radius 2 is 0.788 bits per heavy atom. The molecular formula is C24H14O9. The Kier molecular flexibility index (Phi) is 5.60. The van der Waals surface area contributed by atoms with Gasteiger partial charge in [0.25, 0.3) is 0 Å². The van der Waals surface area contributed by atoms with E-state index in [1.165, 1.54) is 43.1 Å². The van der Waals surface area contributed by atoms with Crippen LogP contribution in [0.4, 0.5) is 19.2 Å². The average Bonchev–Trinajstić information content (AvgIpc) is 2.76. The Bertz CT molecular complexity index is 1340. The number of rotatable bonds is 0. The zero-order valence-electron chi connectivity index (χ0n) is 16.7. The van der Waals surface area contributed by atoms with Crippen molar-refractivity contribution >= 4 is 67.7 Å². The predicted octanol–water partition coefficient (Wildman–Crippen LogP) is 6.37. The molecular weight excluding hydrogens is 432 g/mol. The number of carbonyl (C=O) groups excluding carboxylic acids is 2. The van der Waals surface area contributed by atoms with E-state index in [1.807, 2.05) is 0 Å². The molecule has 0 heterocycles. The maximum absolute atomic E-state index is 10.1. The van der Waals surface area contributed by atoms with E-state index in [-0.39, 0.29) is 0 Å². The van der Waals surface area contributed by atoms with E-state index < -0.39 is 24.6 Å². The summed E-state index contributed by atoms with van der Waals surface area (Å²) in [4.78, 5) is 39.5. The van der Waals surface area contributed by atoms with Gasteiger partial charge < -0.3 is 24.4 Å². The molecule has 0 aliphatic heterocycles. The van der Waals surface area contributed by atoms with Gasteiger partial charge in [0.1, 0.15) is 0 Å². The summed E-state index contributed by atoms with van der Waals surface area (Å²) in [5, 5.41) is 26.5. The predicted molar refractivity (Wildman–Crippen MR) is 118 cm³/mol. The monoisotopic (exact) mass is 446 g/mol. The van der Waals surface area contributed by atoms with Crippen LogP contribution in [0.15, 0.2) is 72.8 Å². The minimum absolute atomic E-state index is 1.33. The van der Waals surface area contributed by atoms with E-state index in [0.717, 1.165) is 0 Å². The van der Waals surface area contributed by atoms with Gasteiger partial charge in [0.2, 0.25) is 0 Å². The molecule has 0 aromatic heterocycles. The fourth-order valence-electron chi connectivity index (χ4n) is 3.83. The molecule has 0 bridgehead atoms. The molecule has 5 aromatic rings. The molecule has 0 aliphatic carbocycles. The van der Waals surface area contributed by atoms with Gasteiger partial charge in [-0.15, -0.1) is 0 Å². The Labute approximate surface area is 184 Å². The van der Waals surface area contributed by atoms with Crippen molar-refractivity contribution in [3.05, 3.63) is 72.8 Å². The van der Waals surface area contributed by atoms with Gasteiger partial charge in [0, 0.05) is 0 Å². The minimum Gasteiger partial charge on any atom is -0.449 e. The van der Waals surface area contributed by atoms with E-state index >= 15 is 0 Å². The quantitative estimate of drug-likeness (QED) is 0.120. The SMILES string of the molecule is O=C(O)OC(=O)OC(=O)OC(=O)O.c1cc2cccc3c4cccc5cccc(c(c1)c23)c54. The molecule has 5 aromatic carbocycles. The lowest BCUT2D eigenvalue weighted by atomic mass is 9.90. The van der Waals surface area contributed by atoms with Crippen molar-refractivity contribution in [2.75, 3.05) is 0 Å². The van der Waals surface area contributed by atoms with Gasteiger partial charge in [-0.2, -0.15) is 0 Å². The van der Waals surface area contributed by atoms with Gasteiger partial charge in [-0.1, -0.05) is 72.8 Å². The lowest BCUT2D eigenvalue weighted by molar-refractivity contribution is 0.0415. The van der Waals surface area contributed by atoms with E-state index in [9.17, 15) is 19.2 Å². The lowest BCUT2D eigenvalue weighted by Crippen LogP contribution is -2.19. The van der Waals surface area contributed by atoms with E-state index in [2.05, 4.69) is 87.0 Å². The molecule has 0 saturated heterocycles. The van der Waals surface area contributed by atoms with Crippen molar-refractivity contribution in [1.29, 1.82) is 0 Å². The van der Waals surface area contributed by atoms with Gasteiger partial charge in [-0.25, -0.2) is 19.2 Å². The minimum atomic E-state index is -2.01. The molecule has 9 nitrogen and oxygen atoms in total. The first kappa shape index (κ1) is 21.3. The normalized spacial score (nSPS) is 10.5. The van der Waals surface area contributed by atoms with Gasteiger partial charge in [0.15, 0.2) is 0 Å². The largest absolute Gasteiger partial charge is 0.528 e. The van der Waals surface area contributed by atoms with Crippen molar-refractivity contribution in [2.24, 2.45) is 0 Å². The third kappa shape index (κ3) is 4.28. The Hall–Kier alpha value is -4.92. The summed E-state index contributed by atoms with van der Waals surface area (Å²) in [6, 6.07) is 26.4. The highest BCUT2D eigenvalue weighted by atomic mass is 16.9. The van der Waals surface area contributed by atoms with Crippen LogP contribution >= 0.6 is 0 Å². The van der Waals surface area contributed by atoms with Crippen LogP contribution in [0.1, 0.15) is 0 Å². The summed E-state index contributed by atoms with van der Waals surface area (Å²) >= 11 is 0. The second kappa shape index (κ2) is 8.67. The Morgan fingerprint density at radius 1 is 0.485 bits per heavy atom. The molecule has 0 atom stereocenters. The number of hydrogen-bond acceptors (Lipinski definition) is 7. The standard InChI is InChI=1S/C20H12.C4H2O9/c1-5-13-6-2-11-17-18-12-4-8-14-7-3-10-16(20(14)18)15(9-1)19(13)17;5-1(6)11-3(9)13-4(10)12-2(7)8/h1-12H;(H,5,6)(H,7,8). The molecule has 0 saturated carbocycles. The first-order valence-electron chi connectivity index (χ1n) is 9.46. The highest BCUT2D eigenvalue weighted by Crippen LogP contribution is 2.39. The fraction of sp³-hybridized carbons (Fsp3) is 0. The molecule has 0 aliphatic rings. The average molecular weight is 446 g/mol. The summed E-state index contributed by atoms with van der Waals surface area (Å²) < 4.78 is 9.92. The number of benzene rings is 5. The van der Waals surface area contributed by atoms with E-state index in [4.69, 9.17) is 10.2 Å². The highest BCUT2D eigenvalue weighted by Gasteiger charge is 2.18. The van der Waals surface area contributed by atoms with Gasteiger partial charge in [0.05, 0.1) is 0 Å². The van der Waals surface area contributed by atoms with Crippen molar-refractivity contribution < 1.29 is 43.6 Å². The summed E-state index contributed by atoms with van der Waals surface area (Å²) in [5.74, 6) is 0. The molecule has 0 amide bonds. The van der Waals surface area contributed by atoms with Crippen LogP contribution in [0.25, 0.3) is 43.1 Å². The number of fused-ring (bicyclic) bond motifs is 2. The molecule has 0 unspecified atom stereocenters.